The Morgan fingerprint density at radius 3 is 2.22 bits per heavy atom. The molecule has 2 aromatic rings. The topological polar surface area (TPSA) is 26.3 Å². The number of carbonyl (C=O) groups is 1. The van der Waals surface area contributed by atoms with Crippen LogP contribution in [0.3, 0.4) is 0 Å². The molecule has 0 fully saturated rings. The second-order valence-corrected chi connectivity index (χ2v) is 4.45. The minimum absolute atomic E-state index is 0.292. The SMILES string of the molecule is O=C(OCc1ccccc1)c1ccc(CBr)cc1. The van der Waals surface area contributed by atoms with E-state index in [4.69, 9.17) is 4.74 Å². The zero-order valence-corrected chi connectivity index (χ0v) is 11.4. The number of benzene rings is 2. The number of hydrogen-bond acceptors (Lipinski definition) is 2. The normalized spacial score (nSPS) is 10.1. The van der Waals surface area contributed by atoms with E-state index >= 15 is 0 Å². The average molecular weight is 305 g/mol. The van der Waals surface area contributed by atoms with Crippen molar-refractivity contribution in [1.29, 1.82) is 0 Å². The van der Waals surface area contributed by atoms with E-state index in [9.17, 15) is 4.79 Å². The molecular weight excluding hydrogens is 292 g/mol. The van der Waals surface area contributed by atoms with Crippen LogP contribution in [0.25, 0.3) is 0 Å². The van der Waals surface area contributed by atoms with Crippen LogP contribution in [-0.2, 0) is 16.7 Å². The van der Waals surface area contributed by atoms with Crippen LogP contribution in [0.2, 0.25) is 0 Å². The van der Waals surface area contributed by atoms with Gasteiger partial charge in [0.15, 0.2) is 0 Å². The molecule has 0 aliphatic heterocycles. The summed E-state index contributed by atoms with van der Waals surface area (Å²) in [5.41, 5.74) is 2.70. The molecule has 0 saturated carbocycles. The molecule has 0 bridgehead atoms. The lowest BCUT2D eigenvalue weighted by Crippen LogP contribution is -2.05. The number of hydrogen-bond donors (Lipinski definition) is 0. The van der Waals surface area contributed by atoms with E-state index in [1.807, 2.05) is 42.5 Å². The van der Waals surface area contributed by atoms with E-state index in [-0.39, 0.29) is 5.97 Å². The first-order valence-electron chi connectivity index (χ1n) is 5.65. The van der Waals surface area contributed by atoms with Crippen LogP contribution in [0.1, 0.15) is 21.5 Å². The number of ether oxygens (including phenoxy) is 1. The molecule has 0 aromatic heterocycles. The summed E-state index contributed by atoms with van der Waals surface area (Å²) in [6, 6.07) is 17.0. The summed E-state index contributed by atoms with van der Waals surface area (Å²) >= 11 is 3.36. The standard InChI is InChI=1S/C15H13BrO2/c16-10-12-6-8-14(9-7-12)15(17)18-11-13-4-2-1-3-5-13/h1-9H,10-11H2. The molecule has 0 saturated heterocycles. The quantitative estimate of drug-likeness (QED) is 0.632. The predicted molar refractivity (Wildman–Crippen MR) is 74.6 cm³/mol. The van der Waals surface area contributed by atoms with Crippen molar-refractivity contribution in [2.45, 2.75) is 11.9 Å². The molecule has 18 heavy (non-hydrogen) atoms. The lowest BCUT2D eigenvalue weighted by Gasteiger charge is -2.05. The number of rotatable bonds is 4. The van der Waals surface area contributed by atoms with Crippen molar-refractivity contribution >= 4 is 21.9 Å². The highest BCUT2D eigenvalue weighted by Gasteiger charge is 2.06. The van der Waals surface area contributed by atoms with Gasteiger partial charge in [-0.3, -0.25) is 0 Å². The Kier molecular flexibility index (Phi) is 4.53. The van der Waals surface area contributed by atoms with Crippen molar-refractivity contribution < 1.29 is 9.53 Å². The Bertz CT molecular complexity index is 506. The third kappa shape index (κ3) is 3.44. The van der Waals surface area contributed by atoms with Gasteiger partial charge in [0.1, 0.15) is 6.61 Å². The van der Waals surface area contributed by atoms with Gasteiger partial charge in [0.25, 0.3) is 0 Å². The minimum atomic E-state index is -0.292. The highest BCUT2D eigenvalue weighted by atomic mass is 79.9. The van der Waals surface area contributed by atoms with Crippen molar-refractivity contribution in [1.82, 2.24) is 0 Å². The molecule has 92 valence electrons. The molecular formula is C15H13BrO2. The van der Waals surface area contributed by atoms with Crippen LogP contribution in [0.15, 0.2) is 54.6 Å². The maximum absolute atomic E-state index is 11.8. The maximum Gasteiger partial charge on any atom is 0.338 e. The predicted octanol–water partition coefficient (Wildman–Crippen LogP) is 3.94. The maximum atomic E-state index is 11.8. The van der Waals surface area contributed by atoms with Crippen molar-refractivity contribution in [2.24, 2.45) is 0 Å². The number of carbonyl (C=O) groups excluding carboxylic acids is 1. The molecule has 0 N–H and O–H groups in total. The first-order valence-corrected chi connectivity index (χ1v) is 6.77. The minimum Gasteiger partial charge on any atom is -0.457 e. The first-order chi connectivity index (χ1) is 8.79. The molecule has 2 nitrogen and oxygen atoms in total. The summed E-state index contributed by atoms with van der Waals surface area (Å²) in [6.07, 6.45) is 0. The van der Waals surface area contributed by atoms with Gasteiger partial charge < -0.3 is 4.74 Å². The van der Waals surface area contributed by atoms with Crippen LogP contribution < -0.4 is 0 Å². The first kappa shape index (κ1) is 12.8. The molecule has 0 spiro atoms. The summed E-state index contributed by atoms with van der Waals surface area (Å²) in [5, 5.41) is 0.784. The molecule has 0 aliphatic carbocycles. The molecule has 0 amide bonds. The average Bonchev–Trinajstić information content (AvgIpc) is 2.46. The molecule has 0 unspecified atom stereocenters. The lowest BCUT2D eigenvalue weighted by molar-refractivity contribution is 0.0472. The van der Waals surface area contributed by atoms with Crippen LogP contribution in [-0.4, -0.2) is 5.97 Å². The smallest absolute Gasteiger partial charge is 0.338 e. The van der Waals surface area contributed by atoms with Gasteiger partial charge in [0.05, 0.1) is 5.56 Å². The highest BCUT2D eigenvalue weighted by Crippen LogP contribution is 2.10. The summed E-state index contributed by atoms with van der Waals surface area (Å²) < 4.78 is 5.24. The van der Waals surface area contributed by atoms with Gasteiger partial charge in [-0.05, 0) is 23.3 Å². The van der Waals surface area contributed by atoms with Crippen molar-refractivity contribution in [3.63, 3.8) is 0 Å². The van der Waals surface area contributed by atoms with Crippen molar-refractivity contribution in [2.75, 3.05) is 0 Å². The molecule has 0 aliphatic rings. The molecule has 3 heteroatoms. The molecule has 0 heterocycles. The fraction of sp³-hybridized carbons (Fsp3) is 0.133. The van der Waals surface area contributed by atoms with Gasteiger partial charge >= 0.3 is 5.97 Å². The fourth-order valence-corrected chi connectivity index (χ4v) is 1.91. The van der Waals surface area contributed by atoms with Gasteiger partial charge in [0.2, 0.25) is 0 Å². The van der Waals surface area contributed by atoms with Crippen LogP contribution >= 0.6 is 15.9 Å². The van der Waals surface area contributed by atoms with E-state index < -0.39 is 0 Å². The van der Waals surface area contributed by atoms with Gasteiger partial charge in [-0.2, -0.15) is 0 Å². The second kappa shape index (κ2) is 6.36. The molecule has 2 aromatic carbocycles. The van der Waals surface area contributed by atoms with Gasteiger partial charge in [-0.15, -0.1) is 0 Å². The monoisotopic (exact) mass is 304 g/mol. The number of halogens is 1. The molecule has 0 radical (unpaired) electrons. The van der Waals surface area contributed by atoms with E-state index in [1.54, 1.807) is 12.1 Å². The summed E-state index contributed by atoms with van der Waals surface area (Å²) in [4.78, 5) is 11.8. The van der Waals surface area contributed by atoms with E-state index in [2.05, 4.69) is 15.9 Å². The summed E-state index contributed by atoms with van der Waals surface area (Å²) in [6.45, 7) is 0.305. The van der Waals surface area contributed by atoms with Gasteiger partial charge in [-0.1, -0.05) is 58.4 Å². The summed E-state index contributed by atoms with van der Waals surface area (Å²) in [7, 11) is 0. The van der Waals surface area contributed by atoms with Gasteiger partial charge in [0, 0.05) is 5.33 Å². The second-order valence-electron chi connectivity index (χ2n) is 3.89. The Hall–Kier alpha value is -1.61. The lowest BCUT2D eigenvalue weighted by atomic mass is 10.1. The Morgan fingerprint density at radius 1 is 0.944 bits per heavy atom. The zero-order chi connectivity index (χ0) is 12.8. The van der Waals surface area contributed by atoms with Gasteiger partial charge in [-0.25, -0.2) is 4.79 Å². The van der Waals surface area contributed by atoms with Crippen molar-refractivity contribution in [3.05, 3.63) is 71.3 Å². The largest absolute Gasteiger partial charge is 0.457 e. The third-order valence-electron chi connectivity index (χ3n) is 2.56. The van der Waals surface area contributed by atoms with Crippen LogP contribution in [0.4, 0.5) is 0 Å². The Morgan fingerprint density at radius 2 is 1.61 bits per heavy atom. The molecule has 0 atom stereocenters. The highest BCUT2D eigenvalue weighted by molar-refractivity contribution is 9.08. The fourth-order valence-electron chi connectivity index (χ4n) is 1.54. The zero-order valence-electron chi connectivity index (χ0n) is 9.80. The number of alkyl halides is 1. The third-order valence-corrected chi connectivity index (χ3v) is 3.20. The van der Waals surface area contributed by atoms with E-state index in [0.29, 0.717) is 12.2 Å². The Balaban J connectivity index is 1.95. The Labute approximate surface area is 115 Å². The van der Waals surface area contributed by atoms with Crippen molar-refractivity contribution in [3.8, 4) is 0 Å². The van der Waals surface area contributed by atoms with E-state index in [1.165, 1.54) is 0 Å². The molecule has 2 rings (SSSR count). The van der Waals surface area contributed by atoms with Crippen LogP contribution in [0, 0.1) is 0 Å². The van der Waals surface area contributed by atoms with Crippen LogP contribution in [0.5, 0.6) is 0 Å². The number of esters is 1. The summed E-state index contributed by atoms with van der Waals surface area (Å²) in [5.74, 6) is -0.292. The van der Waals surface area contributed by atoms with E-state index in [0.717, 1.165) is 16.5 Å².